The average Bonchev–Trinajstić information content (AvgIpc) is 3.63. The smallest absolute Gasteiger partial charge is 0.252 e. The maximum Gasteiger partial charge on any atom is 0.252 e. The van der Waals surface area contributed by atoms with Gasteiger partial charge in [0.15, 0.2) is 0 Å². The number of rotatable bonds is 3. The first kappa shape index (κ1) is 29.5. The molecule has 10 aromatic rings. The SMILES string of the molecule is c1ccc(N2c3cc(-c4cccc5oc6ccccc6c45)cc4c3B(c3ccc5ccccc5c32)c2ccc3ccccc3c2N4c2ccccc2)cc1. The van der Waals surface area contributed by atoms with Gasteiger partial charge in [0.25, 0.3) is 6.71 Å². The fourth-order valence-corrected chi connectivity index (χ4v) is 9.38. The van der Waals surface area contributed by atoms with Crippen LogP contribution in [0, 0.1) is 0 Å². The van der Waals surface area contributed by atoms with Gasteiger partial charge < -0.3 is 14.2 Å². The molecule has 9 aromatic carbocycles. The highest BCUT2D eigenvalue weighted by Crippen LogP contribution is 2.49. The van der Waals surface area contributed by atoms with Gasteiger partial charge in [0, 0.05) is 55.7 Å². The third kappa shape index (κ3) is 4.08. The highest BCUT2D eigenvalue weighted by atomic mass is 16.3. The molecule has 54 heavy (non-hydrogen) atoms. The fourth-order valence-electron chi connectivity index (χ4n) is 9.38. The molecule has 0 N–H and O–H groups in total. The topological polar surface area (TPSA) is 19.6 Å². The summed E-state index contributed by atoms with van der Waals surface area (Å²) in [6.07, 6.45) is 0. The Kier molecular flexibility index (Phi) is 6.14. The van der Waals surface area contributed by atoms with Crippen LogP contribution in [0.1, 0.15) is 0 Å². The van der Waals surface area contributed by atoms with Crippen molar-refractivity contribution in [1.82, 2.24) is 0 Å². The first-order valence-corrected chi connectivity index (χ1v) is 18.6. The van der Waals surface area contributed by atoms with Gasteiger partial charge in [-0.05, 0) is 86.8 Å². The lowest BCUT2D eigenvalue weighted by Crippen LogP contribution is -2.61. The molecule has 3 nitrogen and oxygen atoms in total. The van der Waals surface area contributed by atoms with E-state index in [1.165, 1.54) is 60.7 Å². The van der Waals surface area contributed by atoms with E-state index < -0.39 is 0 Å². The van der Waals surface area contributed by atoms with Crippen molar-refractivity contribution in [3.8, 4) is 11.1 Å². The summed E-state index contributed by atoms with van der Waals surface area (Å²) < 4.78 is 6.46. The molecule has 0 saturated heterocycles. The van der Waals surface area contributed by atoms with Crippen molar-refractivity contribution < 1.29 is 4.42 Å². The molecule has 0 bridgehead atoms. The van der Waals surface area contributed by atoms with E-state index in [1.807, 2.05) is 6.07 Å². The Hall–Kier alpha value is -7.04. The number of anilines is 6. The largest absolute Gasteiger partial charge is 0.456 e. The van der Waals surface area contributed by atoms with Gasteiger partial charge >= 0.3 is 0 Å². The second-order valence-electron chi connectivity index (χ2n) is 14.4. The van der Waals surface area contributed by atoms with Gasteiger partial charge in [-0.3, -0.25) is 0 Å². The Morgan fingerprint density at radius 3 is 1.50 bits per heavy atom. The van der Waals surface area contributed by atoms with Crippen molar-refractivity contribution in [2.45, 2.75) is 0 Å². The fraction of sp³-hybridized carbons (Fsp3) is 0. The molecule has 12 rings (SSSR count). The lowest BCUT2D eigenvalue weighted by atomic mass is 9.33. The van der Waals surface area contributed by atoms with Gasteiger partial charge in [-0.2, -0.15) is 0 Å². The number of fused-ring (bicyclic) bond motifs is 11. The number of nitrogens with zero attached hydrogens (tertiary/aromatic N) is 2. The summed E-state index contributed by atoms with van der Waals surface area (Å²) in [6.45, 7) is 0.00809. The molecular weight excluding hydrogens is 655 g/mol. The van der Waals surface area contributed by atoms with Gasteiger partial charge in [-0.15, -0.1) is 0 Å². The predicted molar refractivity (Wildman–Crippen MR) is 228 cm³/mol. The molecular formula is C50H31BN2O. The molecule has 0 amide bonds. The van der Waals surface area contributed by atoms with E-state index in [-0.39, 0.29) is 6.71 Å². The first-order chi connectivity index (χ1) is 26.8. The van der Waals surface area contributed by atoms with Crippen molar-refractivity contribution >= 4 is 101 Å². The van der Waals surface area contributed by atoms with Crippen molar-refractivity contribution in [3.05, 3.63) is 188 Å². The Morgan fingerprint density at radius 1 is 0.407 bits per heavy atom. The molecule has 0 spiro atoms. The van der Waals surface area contributed by atoms with E-state index in [2.05, 4.69) is 192 Å². The molecule has 0 atom stereocenters. The summed E-state index contributed by atoms with van der Waals surface area (Å²) in [7, 11) is 0. The van der Waals surface area contributed by atoms with E-state index in [4.69, 9.17) is 4.42 Å². The average molecular weight is 687 g/mol. The summed E-state index contributed by atoms with van der Waals surface area (Å²) in [5.41, 5.74) is 15.1. The minimum absolute atomic E-state index is 0.00809. The van der Waals surface area contributed by atoms with Crippen molar-refractivity contribution in [1.29, 1.82) is 0 Å². The number of hydrogen-bond acceptors (Lipinski definition) is 3. The van der Waals surface area contributed by atoms with Crippen LogP contribution in [0.5, 0.6) is 0 Å². The number of hydrogen-bond donors (Lipinski definition) is 0. The summed E-state index contributed by atoms with van der Waals surface area (Å²) in [4.78, 5) is 5.05. The number of para-hydroxylation sites is 3. The molecule has 2 aliphatic rings. The van der Waals surface area contributed by atoms with Crippen LogP contribution >= 0.6 is 0 Å². The third-order valence-electron chi connectivity index (χ3n) is 11.6. The van der Waals surface area contributed by atoms with E-state index in [1.54, 1.807) is 0 Å². The zero-order valence-electron chi connectivity index (χ0n) is 29.3. The lowest BCUT2D eigenvalue weighted by molar-refractivity contribution is 0.669. The van der Waals surface area contributed by atoms with E-state index in [9.17, 15) is 0 Å². The van der Waals surface area contributed by atoms with Crippen LogP contribution < -0.4 is 26.2 Å². The Bertz CT molecular complexity index is 2980. The summed E-state index contributed by atoms with van der Waals surface area (Å²) in [5, 5.41) is 7.20. The summed E-state index contributed by atoms with van der Waals surface area (Å²) in [6, 6.07) is 68.6. The molecule has 0 saturated carbocycles. The van der Waals surface area contributed by atoms with Crippen LogP contribution in [0.3, 0.4) is 0 Å². The zero-order chi connectivity index (χ0) is 35.3. The molecule has 0 aliphatic carbocycles. The maximum atomic E-state index is 6.46. The van der Waals surface area contributed by atoms with Crippen molar-refractivity contribution in [3.63, 3.8) is 0 Å². The Morgan fingerprint density at radius 2 is 0.907 bits per heavy atom. The van der Waals surface area contributed by atoms with Crippen molar-refractivity contribution in [2.24, 2.45) is 0 Å². The molecule has 0 unspecified atom stereocenters. The minimum Gasteiger partial charge on any atom is -0.456 e. The van der Waals surface area contributed by atoms with E-state index in [0.29, 0.717) is 0 Å². The van der Waals surface area contributed by atoms with Gasteiger partial charge in [-0.25, -0.2) is 0 Å². The highest BCUT2D eigenvalue weighted by molar-refractivity contribution is 7.00. The predicted octanol–water partition coefficient (Wildman–Crippen LogP) is 11.6. The monoisotopic (exact) mass is 686 g/mol. The molecule has 0 fully saturated rings. The molecule has 0 radical (unpaired) electrons. The van der Waals surface area contributed by atoms with Gasteiger partial charge in [0.05, 0.1) is 0 Å². The zero-order valence-corrected chi connectivity index (χ0v) is 29.3. The van der Waals surface area contributed by atoms with Crippen molar-refractivity contribution in [2.75, 3.05) is 9.80 Å². The minimum atomic E-state index is 0.00809. The van der Waals surface area contributed by atoms with Gasteiger partial charge in [0.1, 0.15) is 11.2 Å². The number of furan rings is 1. The van der Waals surface area contributed by atoms with Gasteiger partial charge in [-0.1, -0.05) is 140 Å². The molecule has 2 aliphatic heterocycles. The summed E-state index contributed by atoms with van der Waals surface area (Å²) in [5.74, 6) is 0. The maximum absolute atomic E-state index is 6.46. The van der Waals surface area contributed by atoms with Crippen LogP contribution in [-0.4, -0.2) is 6.71 Å². The van der Waals surface area contributed by atoms with Crippen LogP contribution in [0.4, 0.5) is 34.1 Å². The van der Waals surface area contributed by atoms with E-state index in [0.717, 1.165) is 44.4 Å². The standard InChI is InChI=1S/C50H31BN2O/c1-3-16-35(17-4-1)52-43-30-34(37-23-13-25-46-47(37)40-22-11-12-24-45(40)54-46)31-44-48(43)51(41-28-26-32-14-7-9-20-38(32)49(41)52)42-29-27-33-15-8-10-21-39(33)50(42)53(44)36-18-5-2-6-19-36/h1-31H. The third-order valence-corrected chi connectivity index (χ3v) is 11.6. The highest BCUT2D eigenvalue weighted by Gasteiger charge is 2.44. The van der Waals surface area contributed by atoms with Crippen LogP contribution in [0.2, 0.25) is 0 Å². The van der Waals surface area contributed by atoms with Crippen LogP contribution in [0.25, 0.3) is 54.6 Å². The summed E-state index contributed by atoms with van der Waals surface area (Å²) >= 11 is 0. The second kappa shape index (κ2) is 11.2. The van der Waals surface area contributed by atoms with E-state index >= 15 is 0 Å². The Labute approximate surface area is 313 Å². The van der Waals surface area contributed by atoms with Crippen LogP contribution in [-0.2, 0) is 0 Å². The van der Waals surface area contributed by atoms with Crippen LogP contribution in [0.15, 0.2) is 192 Å². The first-order valence-electron chi connectivity index (χ1n) is 18.6. The molecule has 250 valence electrons. The second-order valence-corrected chi connectivity index (χ2v) is 14.4. The van der Waals surface area contributed by atoms with Gasteiger partial charge in [0.2, 0.25) is 0 Å². The Balaban J connectivity index is 1.28. The molecule has 4 heteroatoms. The quantitative estimate of drug-likeness (QED) is 0.173. The molecule has 1 aromatic heterocycles. The lowest BCUT2D eigenvalue weighted by Gasteiger charge is -2.45. The molecule has 3 heterocycles. The number of benzene rings is 9. The normalized spacial score (nSPS) is 13.1.